The van der Waals surface area contributed by atoms with Crippen LogP contribution in [0.25, 0.3) is 22.1 Å². The first-order chi connectivity index (χ1) is 10.7. The highest BCUT2D eigenvalue weighted by Gasteiger charge is 2.14. The Kier molecular flexibility index (Phi) is 4.06. The van der Waals surface area contributed by atoms with Crippen LogP contribution < -0.4 is 0 Å². The minimum atomic E-state index is -0.370. The molecule has 0 aliphatic carbocycles. The lowest BCUT2D eigenvalue weighted by Gasteiger charge is -1.99. The number of carbonyl (C=O) groups excluding carboxylic acids is 2. The van der Waals surface area contributed by atoms with E-state index in [0.717, 1.165) is 22.1 Å². The third-order valence-corrected chi connectivity index (χ3v) is 4.42. The summed E-state index contributed by atoms with van der Waals surface area (Å²) in [6.45, 7) is 0. The molecule has 22 heavy (non-hydrogen) atoms. The molecule has 3 rings (SSSR count). The molecular formula is C17H14O4S. The van der Waals surface area contributed by atoms with Gasteiger partial charge in [0.25, 0.3) is 0 Å². The van der Waals surface area contributed by atoms with Crippen molar-refractivity contribution in [2.24, 2.45) is 0 Å². The molecular weight excluding hydrogens is 300 g/mol. The summed E-state index contributed by atoms with van der Waals surface area (Å²) >= 11 is 1.38. The molecule has 0 atom stereocenters. The Labute approximate surface area is 131 Å². The second kappa shape index (κ2) is 6.15. The number of ketones is 1. The molecule has 2 heterocycles. The van der Waals surface area contributed by atoms with Crippen LogP contribution in [0.2, 0.25) is 0 Å². The van der Waals surface area contributed by atoms with Gasteiger partial charge < -0.3 is 9.15 Å². The third-order valence-electron chi connectivity index (χ3n) is 3.45. The number of hydrogen-bond donors (Lipinski definition) is 0. The molecule has 0 aliphatic rings. The Morgan fingerprint density at radius 2 is 2.09 bits per heavy atom. The van der Waals surface area contributed by atoms with Crippen LogP contribution in [0.15, 0.2) is 46.4 Å². The molecule has 0 fully saturated rings. The van der Waals surface area contributed by atoms with Gasteiger partial charge >= 0.3 is 5.97 Å². The zero-order valence-electron chi connectivity index (χ0n) is 12.0. The molecule has 0 spiro atoms. The number of benzene rings is 1. The fourth-order valence-electron chi connectivity index (χ4n) is 2.28. The van der Waals surface area contributed by atoms with Gasteiger partial charge in [-0.2, -0.15) is 0 Å². The van der Waals surface area contributed by atoms with Gasteiger partial charge in [-0.1, -0.05) is 18.2 Å². The maximum Gasteiger partial charge on any atom is 0.305 e. The summed E-state index contributed by atoms with van der Waals surface area (Å²) in [6, 6.07) is 9.67. The van der Waals surface area contributed by atoms with Gasteiger partial charge in [0.2, 0.25) is 0 Å². The van der Waals surface area contributed by atoms with E-state index in [1.54, 1.807) is 6.26 Å². The van der Waals surface area contributed by atoms with Gasteiger partial charge in [-0.3, -0.25) is 9.59 Å². The van der Waals surface area contributed by atoms with Crippen LogP contribution in [-0.2, 0) is 9.53 Å². The van der Waals surface area contributed by atoms with Crippen molar-refractivity contribution in [3.05, 3.63) is 46.9 Å². The summed E-state index contributed by atoms with van der Waals surface area (Å²) in [5.41, 5.74) is 2.73. The molecule has 0 aliphatic heterocycles. The SMILES string of the molecule is COC(=O)CCC(=O)c1cc(-c2cccc3ccoc23)cs1. The summed E-state index contributed by atoms with van der Waals surface area (Å²) in [7, 11) is 1.32. The van der Waals surface area contributed by atoms with Gasteiger partial charge in [0.1, 0.15) is 5.58 Å². The van der Waals surface area contributed by atoms with Crippen LogP contribution in [0, 0.1) is 0 Å². The number of hydrogen-bond acceptors (Lipinski definition) is 5. The van der Waals surface area contributed by atoms with Crippen molar-refractivity contribution in [2.75, 3.05) is 7.11 Å². The number of para-hydroxylation sites is 1. The Hall–Kier alpha value is -2.40. The number of fused-ring (bicyclic) bond motifs is 1. The summed E-state index contributed by atoms with van der Waals surface area (Å²) in [4.78, 5) is 23.9. The quantitative estimate of drug-likeness (QED) is 0.520. The molecule has 0 N–H and O–H groups in total. The van der Waals surface area contributed by atoms with Gasteiger partial charge in [-0.15, -0.1) is 11.3 Å². The first kappa shape index (κ1) is 14.5. The highest BCUT2D eigenvalue weighted by Crippen LogP contribution is 2.32. The Bertz CT molecular complexity index is 828. The van der Waals surface area contributed by atoms with Gasteiger partial charge in [0, 0.05) is 17.4 Å². The number of rotatable bonds is 5. The van der Waals surface area contributed by atoms with E-state index in [4.69, 9.17) is 4.42 Å². The van der Waals surface area contributed by atoms with Crippen LogP contribution >= 0.6 is 11.3 Å². The number of carbonyl (C=O) groups is 2. The van der Waals surface area contributed by atoms with E-state index in [0.29, 0.717) is 4.88 Å². The molecule has 0 amide bonds. The van der Waals surface area contributed by atoms with Crippen molar-refractivity contribution in [1.29, 1.82) is 0 Å². The molecule has 0 radical (unpaired) electrons. The van der Waals surface area contributed by atoms with E-state index < -0.39 is 0 Å². The molecule has 0 unspecified atom stereocenters. The van der Waals surface area contributed by atoms with Crippen molar-refractivity contribution in [3.8, 4) is 11.1 Å². The van der Waals surface area contributed by atoms with Gasteiger partial charge in [-0.25, -0.2) is 0 Å². The number of furan rings is 1. The minimum absolute atomic E-state index is 0.0479. The van der Waals surface area contributed by atoms with Crippen LogP contribution in [0.3, 0.4) is 0 Å². The maximum absolute atomic E-state index is 12.1. The fourth-order valence-corrected chi connectivity index (χ4v) is 3.16. The van der Waals surface area contributed by atoms with Crippen LogP contribution in [0.5, 0.6) is 0 Å². The molecule has 0 saturated carbocycles. The second-order valence-electron chi connectivity index (χ2n) is 4.84. The lowest BCUT2D eigenvalue weighted by Crippen LogP contribution is -2.04. The molecule has 3 aromatic rings. The van der Waals surface area contributed by atoms with E-state index in [1.807, 2.05) is 35.7 Å². The zero-order valence-corrected chi connectivity index (χ0v) is 12.8. The van der Waals surface area contributed by atoms with E-state index in [9.17, 15) is 9.59 Å². The van der Waals surface area contributed by atoms with Crippen LogP contribution in [0.4, 0.5) is 0 Å². The van der Waals surface area contributed by atoms with E-state index >= 15 is 0 Å². The monoisotopic (exact) mass is 314 g/mol. The standard InChI is InChI=1S/C17H14O4S/c1-20-16(19)6-5-14(18)15-9-12(10-22-15)13-4-2-3-11-7-8-21-17(11)13/h2-4,7-10H,5-6H2,1H3. The highest BCUT2D eigenvalue weighted by molar-refractivity contribution is 7.12. The number of thiophene rings is 1. The number of ether oxygens (including phenoxy) is 1. The lowest BCUT2D eigenvalue weighted by atomic mass is 10.1. The molecule has 1 aromatic carbocycles. The van der Waals surface area contributed by atoms with Gasteiger partial charge in [0.05, 0.1) is 24.7 Å². The van der Waals surface area contributed by atoms with E-state index in [1.165, 1.54) is 18.4 Å². The normalized spacial score (nSPS) is 10.8. The van der Waals surface area contributed by atoms with Crippen LogP contribution in [0.1, 0.15) is 22.5 Å². The number of methoxy groups -OCH3 is 1. The van der Waals surface area contributed by atoms with Gasteiger partial charge in [-0.05, 0) is 23.1 Å². The second-order valence-corrected chi connectivity index (χ2v) is 5.75. The smallest absolute Gasteiger partial charge is 0.305 e. The fraction of sp³-hybridized carbons (Fsp3) is 0.176. The number of esters is 1. The van der Waals surface area contributed by atoms with Crippen molar-refractivity contribution in [2.45, 2.75) is 12.8 Å². The van der Waals surface area contributed by atoms with Crippen molar-refractivity contribution >= 4 is 34.1 Å². The third kappa shape index (κ3) is 2.80. The molecule has 0 bridgehead atoms. The lowest BCUT2D eigenvalue weighted by molar-refractivity contribution is -0.140. The average Bonchev–Trinajstić information content (AvgIpc) is 3.20. The molecule has 5 heteroatoms. The van der Waals surface area contributed by atoms with Crippen molar-refractivity contribution in [1.82, 2.24) is 0 Å². The number of Topliss-reactive ketones (excluding diaryl/α,β-unsaturated/α-hetero) is 1. The van der Waals surface area contributed by atoms with Gasteiger partial charge in [0.15, 0.2) is 5.78 Å². The molecule has 4 nitrogen and oxygen atoms in total. The highest BCUT2D eigenvalue weighted by atomic mass is 32.1. The maximum atomic E-state index is 12.1. The minimum Gasteiger partial charge on any atom is -0.469 e. The Balaban J connectivity index is 1.83. The molecule has 112 valence electrons. The first-order valence-electron chi connectivity index (χ1n) is 6.84. The van der Waals surface area contributed by atoms with Crippen molar-refractivity contribution < 1.29 is 18.7 Å². The Morgan fingerprint density at radius 3 is 2.91 bits per heavy atom. The van der Waals surface area contributed by atoms with Crippen LogP contribution in [-0.4, -0.2) is 18.9 Å². The summed E-state index contributed by atoms with van der Waals surface area (Å²) in [5.74, 6) is -0.418. The summed E-state index contributed by atoms with van der Waals surface area (Å²) in [6.07, 6.45) is 1.93. The van der Waals surface area contributed by atoms with Crippen molar-refractivity contribution in [3.63, 3.8) is 0 Å². The van der Waals surface area contributed by atoms with E-state index in [-0.39, 0.29) is 24.6 Å². The predicted molar refractivity (Wildman–Crippen MR) is 85.1 cm³/mol. The summed E-state index contributed by atoms with van der Waals surface area (Å²) in [5, 5.41) is 2.96. The summed E-state index contributed by atoms with van der Waals surface area (Å²) < 4.78 is 10.1. The predicted octanol–water partition coefficient (Wildman–Crippen LogP) is 4.30. The topological polar surface area (TPSA) is 56.5 Å². The largest absolute Gasteiger partial charge is 0.469 e. The van der Waals surface area contributed by atoms with E-state index in [2.05, 4.69) is 4.74 Å². The zero-order chi connectivity index (χ0) is 15.5. The molecule has 0 saturated heterocycles. The first-order valence-corrected chi connectivity index (χ1v) is 7.72. The molecule has 2 aromatic heterocycles. The Morgan fingerprint density at radius 1 is 1.23 bits per heavy atom. The average molecular weight is 314 g/mol.